The van der Waals surface area contributed by atoms with Gasteiger partial charge in [0.25, 0.3) is 0 Å². The minimum absolute atomic E-state index is 0.222. The number of nitrogens with one attached hydrogen (secondary N) is 1. The Morgan fingerprint density at radius 2 is 1.91 bits per heavy atom. The monoisotopic (exact) mass is 291 g/mol. The molecular weight excluding hydrogens is 278 g/mol. The second kappa shape index (κ2) is 7.47. The molecule has 0 fully saturated rings. The topological polar surface area (TPSA) is 85.9 Å². The van der Waals surface area contributed by atoms with Crippen molar-refractivity contribution in [3.8, 4) is 17.9 Å². The predicted octanol–water partition coefficient (Wildman–Crippen LogP) is 2.99. The Labute approximate surface area is 128 Å². The number of carbonyl (C=O) groups excluding carboxylic acids is 1. The zero-order valence-electron chi connectivity index (χ0n) is 11.7. The predicted molar refractivity (Wildman–Crippen MR) is 80.8 cm³/mol. The van der Waals surface area contributed by atoms with Crippen molar-refractivity contribution in [3.05, 3.63) is 59.7 Å². The van der Waals surface area contributed by atoms with Crippen LogP contribution < -0.4 is 10.1 Å². The summed E-state index contributed by atoms with van der Waals surface area (Å²) in [6, 6.07) is 18.1. The van der Waals surface area contributed by atoms with Gasteiger partial charge >= 0.3 is 0 Å². The van der Waals surface area contributed by atoms with Crippen LogP contribution in [-0.4, -0.2) is 5.91 Å². The lowest BCUT2D eigenvalue weighted by Crippen LogP contribution is -2.10. The largest absolute Gasteiger partial charge is 0.487 e. The first kappa shape index (κ1) is 15.1. The summed E-state index contributed by atoms with van der Waals surface area (Å²) in [4.78, 5) is 11.4. The first-order valence-corrected chi connectivity index (χ1v) is 6.60. The van der Waals surface area contributed by atoms with Crippen molar-refractivity contribution in [1.82, 2.24) is 0 Å². The molecule has 1 amide bonds. The van der Waals surface area contributed by atoms with E-state index >= 15 is 0 Å². The second-order valence-corrected chi connectivity index (χ2v) is 4.48. The van der Waals surface area contributed by atoms with Crippen LogP contribution in [0.2, 0.25) is 0 Å². The third kappa shape index (κ3) is 4.09. The molecule has 0 aromatic heterocycles. The lowest BCUT2D eigenvalue weighted by Gasteiger charge is -2.10. The Hall–Kier alpha value is -3.31. The Kier molecular flexibility index (Phi) is 5.12. The number of nitrogens with zero attached hydrogens (tertiary/aromatic N) is 2. The van der Waals surface area contributed by atoms with E-state index in [2.05, 4.69) is 5.32 Å². The summed E-state index contributed by atoms with van der Waals surface area (Å²) in [6.45, 7) is 0.325. The molecule has 0 radical (unpaired) electrons. The lowest BCUT2D eigenvalue weighted by atomic mass is 10.2. The highest BCUT2D eigenvalue weighted by atomic mass is 16.5. The van der Waals surface area contributed by atoms with Crippen molar-refractivity contribution in [2.45, 2.75) is 13.0 Å². The average molecular weight is 291 g/mol. The minimum atomic E-state index is -0.402. The molecule has 0 atom stereocenters. The zero-order valence-corrected chi connectivity index (χ0v) is 11.7. The molecule has 0 spiro atoms. The number of hydrogen-bond donors (Lipinski definition) is 1. The fourth-order valence-corrected chi connectivity index (χ4v) is 1.82. The Balaban J connectivity index is 2.13. The summed E-state index contributed by atoms with van der Waals surface area (Å²) in [6.07, 6.45) is -0.222. The summed E-state index contributed by atoms with van der Waals surface area (Å²) < 4.78 is 5.66. The van der Waals surface area contributed by atoms with Gasteiger partial charge in [-0.1, -0.05) is 30.3 Å². The van der Waals surface area contributed by atoms with Gasteiger partial charge in [0.1, 0.15) is 24.8 Å². The van der Waals surface area contributed by atoms with Crippen molar-refractivity contribution >= 4 is 11.6 Å². The fraction of sp³-hybridized carbons (Fsp3) is 0.118. The van der Waals surface area contributed by atoms with Crippen molar-refractivity contribution in [1.29, 1.82) is 10.5 Å². The molecular formula is C17H13N3O2. The van der Waals surface area contributed by atoms with Crippen LogP contribution >= 0.6 is 0 Å². The molecule has 0 aliphatic heterocycles. The molecule has 2 aromatic rings. The number of carbonyl (C=O) groups is 1. The van der Waals surface area contributed by atoms with E-state index in [1.165, 1.54) is 0 Å². The zero-order chi connectivity index (χ0) is 15.8. The molecule has 0 saturated heterocycles. The van der Waals surface area contributed by atoms with Crippen LogP contribution in [0.5, 0.6) is 5.75 Å². The summed E-state index contributed by atoms with van der Waals surface area (Å²) in [5.74, 6) is -0.0117. The molecule has 2 rings (SSSR count). The Morgan fingerprint density at radius 1 is 1.14 bits per heavy atom. The molecule has 0 unspecified atom stereocenters. The van der Waals surface area contributed by atoms with Crippen LogP contribution in [0.3, 0.4) is 0 Å². The van der Waals surface area contributed by atoms with Gasteiger partial charge in [-0.2, -0.15) is 10.5 Å². The summed E-state index contributed by atoms with van der Waals surface area (Å²) in [5, 5.41) is 20.2. The van der Waals surface area contributed by atoms with Gasteiger partial charge in [0.2, 0.25) is 5.91 Å². The van der Waals surface area contributed by atoms with E-state index in [0.29, 0.717) is 23.6 Å². The van der Waals surface area contributed by atoms with Gasteiger partial charge in [-0.15, -0.1) is 0 Å². The minimum Gasteiger partial charge on any atom is -0.487 e. The van der Waals surface area contributed by atoms with Gasteiger partial charge in [0, 0.05) is 11.8 Å². The number of hydrogen-bond acceptors (Lipinski definition) is 4. The summed E-state index contributed by atoms with van der Waals surface area (Å²) in [5.41, 5.74) is 1.85. The van der Waals surface area contributed by atoms with E-state index in [-0.39, 0.29) is 6.42 Å². The average Bonchev–Trinajstić information content (AvgIpc) is 2.54. The normalized spacial score (nSPS) is 9.36. The standard InChI is InChI=1S/C17H13N3O2/c18-9-8-17(21)20-15-7-6-14(11-19)16(10-15)22-12-13-4-2-1-3-5-13/h1-7,10H,8,12H2,(H,20,21). The molecule has 108 valence electrons. The first-order chi connectivity index (χ1) is 10.7. The van der Waals surface area contributed by atoms with E-state index in [1.807, 2.05) is 36.4 Å². The SMILES string of the molecule is N#CCC(=O)Nc1ccc(C#N)c(OCc2ccccc2)c1. The third-order valence-corrected chi connectivity index (χ3v) is 2.86. The first-order valence-electron chi connectivity index (χ1n) is 6.60. The molecule has 5 heteroatoms. The maximum absolute atomic E-state index is 11.4. The molecule has 0 saturated carbocycles. The van der Waals surface area contributed by atoms with E-state index in [9.17, 15) is 4.79 Å². The number of ether oxygens (including phenoxy) is 1. The van der Waals surface area contributed by atoms with Crippen molar-refractivity contribution in [3.63, 3.8) is 0 Å². The molecule has 1 N–H and O–H groups in total. The molecule has 0 heterocycles. The highest BCUT2D eigenvalue weighted by Gasteiger charge is 2.08. The van der Waals surface area contributed by atoms with Gasteiger partial charge < -0.3 is 10.1 Å². The smallest absolute Gasteiger partial charge is 0.238 e. The summed E-state index contributed by atoms with van der Waals surface area (Å²) in [7, 11) is 0. The number of benzene rings is 2. The van der Waals surface area contributed by atoms with Crippen molar-refractivity contribution in [2.75, 3.05) is 5.32 Å². The highest BCUT2D eigenvalue weighted by Crippen LogP contribution is 2.24. The van der Waals surface area contributed by atoms with Crippen LogP contribution in [0.4, 0.5) is 5.69 Å². The number of rotatable bonds is 5. The second-order valence-electron chi connectivity index (χ2n) is 4.48. The molecule has 22 heavy (non-hydrogen) atoms. The highest BCUT2D eigenvalue weighted by molar-refractivity contribution is 5.92. The van der Waals surface area contributed by atoms with E-state index in [4.69, 9.17) is 15.3 Å². The van der Waals surface area contributed by atoms with Crippen molar-refractivity contribution < 1.29 is 9.53 Å². The number of amides is 1. The lowest BCUT2D eigenvalue weighted by molar-refractivity contribution is -0.115. The van der Waals surface area contributed by atoms with Crippen LogP contribution in [-0.2, 0) is 11.4 Å². The molecule has 0 aliphatic rings. The maximum Gasteiger partial charge on any atom is 0.238 e. The summed E-state index contributed by atoms with van der Waals surface area (Å²) >= 11 is 0. The number of anilines is 1. The molecule has 0 bridgehead atoms. The fourth-order valence-electron chi connectivity index (χ4n) is 1.82. The van der Waals surface area contributed by atoms with Gasteiger partial charge in [0.15, 0.2) is 0 Å². The Bertz CT molecular complexity index is 743. The van der Waals surface area contributed by atoms with Crippen LogP contribution in [0.15, 0.2) is 48.5 Å². The van der Waals surface area contributed by atoms with E-state index in [1.54, 1.807) is 24.3 Å². The molecule has 0 aliphatic carbocycles. The Morgan fingerprint density at radius 3 is 2.59 bits per heavy atom. The molecule has 5 nitrogen and oxygen atoms in total. The number of nitriles is 2. The van der Waals surface area contributed by atoms with Crippen LogP contribution in [0.1, 0.15) is 17.5 Å². The van der Waals surface area contributed by atoms with Crippen molar-refractivity contribution in [2.24, 2.45) is 0 Å². The van der Waals surface area contributed by atoms with Gasteiger partial charge in [-0.05, 0) is 17.7 Å². The molecule has 2 aromatic carbocycles. The third-order valence-electron chi connectivity index (χ3n) is 2.86. The van der Waals surface area contributed by atoms with Crippen LogP contribution in [0, 0.1) is 22.7 Å². The van der Waals surface area contributed by atoms with Gasteiger partial charge in [-0.3, -0.25) is 4.79 Å². The van der Waals surface area contributed by atoms with Gasteiger partial charge in [0.05, 0.1) is 11.6 Å². The maximum atomic E-state index is 11.4. The van der Waals surface area contributed by atoms with E-state index < -0.39 is 5.91 Å². The quantitative estimate of drug-likeness (QED) is 0.917. The van der Waals surface area contributed by atoms with E-state index in [0.717, 1.165) is 5.56 Å². The van der Waals surface area contributed by atoms with Gasteiger partial charge in [-0.25, -0.2) is 0 Å². The van der Waals surface area contributed by atoms with Crippen LogP contribution in [0.25, 0.3) is 0 Å².